The Balaban J connectivity index is 1.82. The van der Waals surface area contributed by atoms with E-state index in [1.54, 1.807) is 18.2 Å². The van der Waals surface area contributed by atoms with Crippen molar-refractivity contribution in [1.29, 1.82) is 10.7 Å². The SMILES string of the molecule is CN1C(=N)N[C@](C)(c2cc(-c3cccc(C#N)c3)cs2)[C@H](c2ccc(O)c(O)c2)C1=O. The molecule has 1 aliphatic rings. The van der Waals surface area contributed by atoms with Gasteiger partial charge in [-0.15, -0.1) is 11.3 Å². The van der Waals surface area contributed by atoms with Crippen LogP contribution in [0.5, 0.6) is 11.5 Å². The maximum atomic E-state index is 13.3. The molecule has 8 heteroatoms. The van der Waals surface area contributed by atoms with Gasteiger partial charge in [-0.3, -0.25) is 15.1 Å². The fraction of sp³-hybridized carbons (Fsp3) is 0.174. The van der Waals surface area contributed by atoms with Gasteiger partial charge in [-0.2, -0.15) is 5.26 Å². The number of benzene rings is 2. The number of phenolic OH excluding ortho intramolecular Hbond substituents is 2. The summed E-state index contributed by atoms with van der Waals surface area (Å²) < 4.78 is 0. The molecular formula is C23H20N4O3S. The lowest BCUT2D eigenvalue weighted by atomic mass is 9.76. The van der Waals surface area contributed by atoms with Crippen LogP contribution in [0.15, 0.2) is 53.9 Å². The molecule has 0 saturated carbocycles. The summed E-state index contributed by atoms with van der Waals surface area (Å²) in [6.07, 6.45) is 0. The van der Waals surface area contributed by atoms with Crippen LogP contribution in [-0.4, -0.2) is 34.0 Å². The molecule has 1 fully saturated rings. The first-order valence-electron chi connectivity index (χ1n) is 9.50. The first-order valence-corrected chi connectivity index (χ1v) is 10.4. The van der Waals surface area contributed by atoms with Crippen molar-refractivity contribution < 1.29 is 15.0 Å². The minimum absolute atomic E-state index is 0.0202. The highest BCUT2D eigenvalue weighted by Crippen LogP contribution is 2.45. The molecule has 0 bridgehead atoms. The number of carbonyl (C=O) groups excluding carboxylic acids is 1. The molecule has 3 aromatic rings. The number of hydrogen-bond acceptors (Lipinski definition) is 6. The molecule has 1 amide bonds. The van der Waals surface area contributed by atoms with Crippen LogP contribution >= 0.6 is 11.3 Å². The van der Waals surface area contributed by atoms with E-state index in [0.29, 0.717) is 11.1 Å². The van der Waals surface area contributed by atoms with E-state index in [9.17, 15) is 20.3 Å². The Morgan fingerprint density at radius 1 is 1.16 bits per heavy atom. The molecule has 0 aliphatic carbocycles. The maximum Gasteiger partial charge on any atom is 0.239 e. The van der Waals surface area contributed by atoms with Gasteiger partial charge in [0, 0.05) is 11.9 Å². The predicted molar refractivity (Wildman–Crippen MR) is 118 cm³/mol. The number of guanidine groups is 1. The molecule has 4 rings (SSSR count). The van der Waals surface area contributed by atoms with Gasteiger partial charge in [-0.05, 0) is 59.3 Å². The van der Waals surface area contributed by atoms with E-state index >= 15 is 0 Å². The largest absolute Gasteiger partial charge is 0.504 e. The Bertz CT molecular complexity index is 1250. The standard InChI is InChI=1S/C23H20N4O3S/c1-23(19-10-16(12-31-19)14-5-3-4-13(8-14)11-24)20(21(30)27(2)22(25)26-23)15-6-7-17(28)18(29)9-15/h3-10,12,20,28-29H,1-2H3,(H2,25,26)/t20-,23-/m1/s1. The van der Waals surface area contributed by atoms with Crippen LogP contribution in [0.2, 0.25) is 0 Å². The Morgan fingerprint density at radius 3 is 2.65 bits per heavy atom. The minimum atomic E-state index is -0.958. The van der Waals surface area contributed by atoms with Crippen molar-refractivity contribution in [3.63, 3.8) is 0 Å². The number of rotatable bonds is 3. The number of hydrogen-bond donors (Lipinski definition) is 4. The number of thiophene rings is 1. The van der Waals surface area contributed by atoms with E-state index in [0.717, 1.165) is 16.0 Å². The zero-order chi connectivity index (χ0) is 22.3. The fourth-order valence-electron chi connectivity index (χ4n) is 3.88. The van der Waals surface area contributed by atoms with Gasteiger partial charge < -0.3 is 15.5 Å². The van der Waals surface area contributed by atoms with Crippen molar-refractivity contribution in [2.45, 2.75) is 18.4 Å². The molecule has 1 saturated heterocycles. The number of nitrogens with zero attached hydrogens (tertiary/aromatic N) is 2. The number of amides is 1. The molecule has 2 atom stereocenters. The van der Waals surface area contributed by atoms with Crippen LogP contribution in [-0.2, 0) is 10.3 Å². The van der Waals surface area contributed by atoms with Crippen molar-refractivity contribution >= 4 is 23.2 Å². The summed E-state index contributed by atoms with van der Waals surface area (Å²) in [6.45, 7) is 1.85. The summed E-state index contributed by atoms with van der Waals surface area (Å²) in [5.41, 5.74) is 1.92. The van der Waals surface area contributed by atoms with E-state index in [1.807, 2.05) is 30.5 Å². The van der Waals surface area contributed by atoms with Gasteiger partial charge in [0.25, 0.3) is 0 Å². The van der Waals surface area contributed by atoms with Gasteiger partial charge in [-0.1, -0.05) is 18.2 Å². The molecule has 1 aliphatic heterocycles. The van der Waals surface area contributed by atoms with Crippen LogP contribution in [0.4, 0.5) is 0 Å². The number of nitriles is 1. The first kappa shape index (κ1) is 20.4. The molecule has 0 unspecified atom stereocenters. The minimum Gasteiger partial charge on any atom is -0.504 e. The van der Waals surface area contributed by atoms with E-state index in [4.69, 9.17) is 5.41 Å². The second-order valence-electron chi connectivity index (χ2n) is 7.65. The lowest BCUT2D eigenvalue weighted by Gasteiger charge is -2.45. The van der Waals surface area contributed by atoms with Crippen molar-refractivity contribution in [3.8, 4) is 28.7 Å². The van der Waals surface area contributed by atoms with Crippen LogP contribution in [0, 0.1) is 16.7 Å². The topological polar surface area (TPSA) is 120 Å². The third-order valence-corrected chi connectivity index (χ3v) is 6.81. The highest BCUT2D eigenvalue weighted by Gasteiger charge is 2.49. The first-order chi connectivity index (χ1) is 14.7. The average molecular weight is 433 g/mol. The Kier molecular flexibility index (Phi) is 4.91. The molecule has 1 aromatic heterocycles. The van der Waals surface area contributed by atoms with E-state index in [2.05, 4.69) is 11.4 Å². The van der Waals surface area contributed by atoms with Crippen LogP contribution < -0.4 is 5.32 Å². The van der Waals surface area contributed by atoms with E-state index in [1.165, 1.54) is 35.4 Å². The van der Waals surface area contributed by atoms with Crippen molar-refractivity contribution in [2.75, 3.05) is 7.05 Å². The highest BCUT2D eigenvalue weighted by molar-refractivity contribution is 7.10. The summed E-state index contributed by atoms with van der Waals surface area (Å²) in [5.74, 6) is -1.63. The van der Waals surface area contributed by atoms with Crippen LogP contribution in [0.1, 0.15) is 28.8 Å². The second kappa shape index (κ2) is 7.45. The van der Waals surface area contributed by atoms with Crippen molar-refractivity contribution in [2.24, 2.45) is 0 Å². The zero-order valence-electron chi connectivity index (χ0n) is 16.9. The number of likely N-dealkylation sites (N-methyl/N-ethyl adjacent to an activating group) is 1. The van der Waals surface area contributed by atoms with Gasteiger partial charge in [0.1, 0.15) is 0 Å². The smallest absolute Gasteiger partial charge is 0.239 e. The number of nitrogens with one attached hydrogen (secondary N) is 2. The normalized spacial score (nSPS) is 20.9. The lowest BCUT2D eigenvalue weighted by Crippen LogP contribution is -2.62. The van der Waals surface area contributed by atoms with E-state index in [-0.39, 0.29) is 23.4 Å². The van der Waals surface area contributed by atoms with Crippen LogP contribution in [0.25, 0.3) is 11.1 Å². The monoisotopic (exact) mass is 432 g/mol. The van der Waals surface area contributed by atoms with Crippen molar-refractivity contribution in [1.82, 2.24) is 10.2 Å². The Labute approximate surface area is 183 Å². The quantitative estimate of drug-likeness (QED) is 0.471. The molecule has 4 N–H and O–H groups in total. The molecule has 0 radical (unpaired) electrons. The zero-order valence-corrected chi connectivity index (χ0v) is 17.7. The Hall–Kier alpha value is -3.83. The van der Waals surface area contributed by atoms with E-state index < -0.39 is 11.5 Å². The van der Waals surface area contributed by atoms with Gasteiger partial charge in [0.15, 0.2) is 17.5 Å². The molecular weight excluding hydrogens is 412 g/mol. The summed E-state index contributed by atoms with van der Waals surface area (Å²) in [5, 5.41) is 42.3. The molecule has 31 heavy (non-hydrogen) atoms. The third-order valence-electron chi connectivity index (χ3n) is 5.64. The van der Waals surface area contributed by atoms with Gasteiger partial charge in [0.2, 0.25) is 5.91 Å². The average Bonchev–Trinajstić information content (AvgIpc) is 3.26. The van der Waals surface area contributed by atoms with Crippen molar-refractivity contribution in [3.05, 3.63) is 69.9 Å². The summed E-state index contributed by atoms with van der Waals surface area (Å²) in [7, 11) is 1.53. The lowest BCUT2D eigenvalue weighted by molar-refractivity contribution is -0.131. The predicted octanol–water partition coefficient (Wildman–Crippen LogP) is 3.69. The maximum absolute atomic E-state index is 13.3. The molecule has 2 heterocycles. The summed E-state index contributed by atoms with van der Waals surface area (Å²) in [6, 6.07) is 15.7. The number of carbonyl (C=O) groups is 1. The molecule has 7 nitrogen and oxygen atoms in total. The fourth-order valence-corrected chi connectivity index (χ4v) is 4.95. The summed E-state index contributed by atoms with van der Waals surface area (Å²) in [4.78, 5) is 15.3. The number of aromatic hydroxyl groups is 2. The van der Waals surface area contributed by atoms with Gasteiger partial charge in [0.05, 0.1) is 23.1 Å². The molecule has 2 aromatic carbocycles. The second-order valence-corrected chi connectivity index (χ2v) is 8.56. The number of phenols is 2. The third kappa shape index (κ3) is 3.39. The summed E-state index contributed by atoms with van der Waals surface area (Å²) >= 11 is 1.45. The highest BCUT2D eigenvalue weighted by atomic mass is 32.1. The van der Waals surface area contributed by atoms with Gasteiger partial charge in [-0.25, -0.2) is 0 Å². The molecule has 0 spiro atoms. The van der Waals surface area contributed by atoms with Gasteiger partial charge >= 0.3 is 0 Å². The molecule has 156 valence electrons. The van der Waals surface area contributed by atoms with Crippen LogP contribution in [0.3, 0.4) is 0 Å². The Morgan fingerprint density at radius 2 is 1.94 bits per heavy atom.